The van der Waals surface area contributed by atoms with E-state index < -0.39 is 0 Å². The number of carbonyl (C=O) groups excluding carboxylic acids is 1. The number of benzene rings is 1. The molecule has 0 aliphatic carbocycles. The molecular formula is C17H18FN5O2. The van der Waals surface area contributed by atoms with Crippen LogP contribution in [0, 0.1) is 12.7 Å². The maximum absolute atomic E-state index is 13.0. The lowest BCUT2D eigenvalue weighted by molar-refractivity contribution is 0.0945. The number of H-pyrrole nitrogens is 2. The van der Waals surface area contributed by atoms with Crippen LogP contribution < -0.4 is 5.32 Å². The molecule has 8 heteroatoms. The largest absolute Gasteiger partial charge is 0.378 e. The Bertz CT molecular complexity index is 870. The molecule has 1 amide bonds. The van der Waals surface area contributed by atoms with E-state index in [1.807, 2.05) is 6.07 Å². The summed E-state index contributed by atoms with van der Waals surface area (Å²) < 4.78 is 18.0. The van der Waals surface area contributed by atoms with Crippen LogP contribution in [0.1, 0.15) is 27.6 Å². The van der Waals surface area contributed by atoms with Gasteiger partial charge in [-0.05, 0) is 37.3 Å². The average molecular weight is 343 g/mol. The van der Waals surface area contributed by atoms with Crippen molar-refractivity contribution in [1.82, 2.24) is 25.5 Å². The Morgan fingerprint density at radius 3 is 2.80 bits per heavy atom. The van der Waals surface area contributed by atoms with E-state index >= 15 is 0 Å². The SMILES string of the molecule is COCc1cc(CNC(=O)c2nc(-c3ccc(F)cc3)[nH]c2C)[nH]n1. The third-order valence-electron chi connectivity index (χ3n) is 3.63. The van der Waals surface area contributed by atoms with Crippen molar-refractivity contribution in [1.29, 1.82) is 0 Å². The van der Waals surface area contributed by atoms with Crippen LogP contribution >= 0.6 is 0 Å². The van der Waals surface area contributed by atoms with E-state index in [1.54, 1.807) is 26.2 Å². The first kappa shape index (κ1) is 16.8. The standard InChI is InChI=1S/C17H18FN5O2/c1-10-15(21-16(20-10)11-3-5-12(18)6-4-11)17(24)19-8-13-7-14(9-25-2)23-22-13/h3-7H,8-9H2,1-2H3,(H,19,24)(H,20,21)(H,22,23). The molecule has 0 unspecified atom stereocenters. The number of aryl methyl sites for hydroxylation is 1. The highest BCUT2D eigenvalue weighted by molar-refractivity contribution is 5.94. The van der Waals surface area contributed by atoms with Crippen LogP contribution in [-0.2, 0) is 17.9 Å². The molecule has 0 radical (unpaired) electrons. The van der Waals surface area contributed by atoms with Crippen LogP contribution in [-0.4, -0.2) is 33.2 Å². The van der Waals surface area contributed by atoms with Crippen LogP contribution in [0.25, 0.3) is 11.4 Å². The van der Waals surface area contributed by atoms with E-state index in [0.29, 0.717) is 35.9 Å². The van der Waals surface area contributed by atoms with Gasteiger partial charge in [0.2, 0.25) is 0 Å². The van der Waals surface area contributed by atoms with Gasteiger partial charge >= 0.3 is 0 Å². The van der Waals surface area contributed by atoms with Gasteiger partial charge in [-0.1, -0.05) is 0 Å². The predicted molar refractivity (Wildman–Crippen MR) is 89.2 cm³/mol. The third kappa shape index (κ3) is 3.92. The lowest BCUT2D eigenvalue weighted by atomic mass is 10.2. The molecule has 0 saturated heterocycles. The van der Waals surface area contributed by atoms with Gasteiger partial charge in [0, 0.05) is 18.4 Å². The molecule has 0 aliphatic rings. The van der Waals surface area contributed by atoms with Crippen molar-refractivity contribution >= 4 is 5.91 Å². The molecule has 3 aromatic rings. The number of methoxy groups -OCH3 is 1. The topological polar surface area (TPSA) is 95.7 Å². The number of rotatable bonds is 6. The summed E-state index contributed by atoms with van der Waals surface area (Å²) in [5.74, 6) is -0.103. The smallest absolute Gasteiger partial charge is 0.272 e. The summed E-state index contributed by atoms with van der Waals surface area (Å²) in [5, 5.41) is 9.70. The first-order chi connectivity index (χ1) is 12.1. The summed E-state index contributed by atoms with van der Waals surface area (Å²) in [6, 6.07) is 7.74. The Balaban J connectivity index is 1.68. The number of nitrogens with one attached hydrogen (secondary N) is 3. The molecule has 7 nitrogen and oxygen atoms in total. The Morgan fingerprint density at radius 2 is 2.08 bits per heavy atom. The van der Waals surface area contributed by atoms with Crippen molar-refractivity contribution in [3.8, 4) is 11.4 Å². The summed E-state index contributed by atoms with van der Waals surface area (Å²) in [6.07, 6.45) is 0. The second-order valence-electron chi connectivity index (χ2n) is 5.57. The predicted octanol–water partition coefficient (Wildman–Crippen LogP) is 2.32. The normalized spacial score (nSPS) is 10.8. The number of aromatic amines is 2. The number of amides is 1. The highest BCUT2D eigenvalue weighted by atomic mass is 19.1. The lowest BCUT2D eigenvalue weighted by Gasteiger charge is -2.01. The summed E-state index contributed by atoms with van der Waals surface area (Å²) in [7, 11) is 1.59. The van der Waals surface area contributed by atoms with Gasteiger partial charge in [0.05, 0.1) is 24.5 Å². The molecule has 3 rings (SSSR count). The van der Waals surface area contributed by atoms with Crippen LogP contribution in [0.4, 0.5) is 4.39 Å². The fraction of sp³-hybridized carbons (Fsp3) is 0.235. The van der Waals surface area contributed by atoms with Gasteiger partial charge in [-0.25, -0.2) is 9.37 Å². The highest BCUT2D eigenvalue weighted by Crippen LogP contribution is 2.18. The van der Waals surface area contributed by atoms with Gasteiger partial charge in [0.25, 0.3) is 5.91 Å². The van der Waals surface area contributed by atoms with Crippen molar-refractivity contribution in [2.24, 2.45) is 0 Å². The maximum Gasteiger partial charge on any atom is 0.272 e. The number of aromatic nitrogens is 4. The van der Waals surface area contributed by atoms with Crippen molar-refractivity contribution in [3.63, 3.8) is 0 Å². The third-order valence-corrected chi connectivity index (χ3v) is 3.63. The van der Waals surface area contributed by atoms with E-state index in [9.17, 15) is 9.18 Å². The van der Waals surface area contributed by atoms with E-state index in [4.69, 9.17) is 4.74 Å². The fourth-order valence-electron chi connectivity index (χ4n) is 2.41. The van der Waals surface area contributed by atoms with Crippen LogP contribution in [0.15, 0.2) is 30.3 Å². The van der Waals surface area contributed by atoms with Crippen LogP contribution in [0.2, 0.25) is 0 Å². The number of carbonyl (C=O) groups is 1. The molecule has 0 atom stereocenters. The molecule has 0 bridgehead atoms. The quantitative estimate of drug-likeness (QED) is 0.640. The van der Waals surface area contributed by atoms with Gasteiger partial charge in [0.15, 0.2) is 0 Å². The van der Waals surface area contributed by atoms with Crippen molar-refractivity contribution in [2.75, 3.05) is 7.11 Å². The number of halogens is 1. The maximum atomic E-state index is 13.0. The minimum atomic E-state index is -0.322. The molecule has 0 spiro atoms. The van der Waals surface area contributed by atoms with E-state index in [1.165, 1.54) is 12.1 Å². The Hall–Kier alpha value is -3.00. The van der Waals surface area contributed by atoms with E-state index in [-0.39, 0.29) is 11.7 Å². The van der Waals surface area contributed by atoms with Gasteiger partial charge < -0.3 is 15.0 Å². The summed E-state index contributed by atoms with van der Waals surface area (Å²) in [6.45, 7) is 2.47. The summed E-state index contributed by atoms with van der Waals surface area (Å²) >= 11 is 0. The molecular weight excluding hydrogens is 325 g/mol. The Labute approximate surface area is 143 Å². The monoisotopic (exact) mass is 343 g/mol. The van der Waals surface area contributed by atoms with Gasteiger partial charge in [-0.3, -0.25) is 9.89 Å². The average Bonchev–Trinajstić information content (AvgIpc) is 3.20. The molecule has 25 heavy (non-hydrogen) atoms. The number of nitrogens with zero attached hydrogens (tertiary/aromatic N) is 2. The number of hydrogen-bond donors (Lipinski definition) is 3. The number of ether oxygens (including phenoxy) is 1. The first-order valence-corrected chi connectivity index (χ1v) is 7.69. The number of imidazole rings is 1. The van der Waals surface area contributed by atoms with E-state index in [0.717, 1.165) is 11.4 Å². The van der Waals surface area contributed by atoms with Gasteiger partial charge in [-0.2, -0.15) is 5.10 Å². The zero-order valence-corrected chi connectivity index (χ0v) is 13.9. The van der Waals surface area contributed by atoms with Gasteiger partial charge in [-0.15, -0.1) is 0 Å². The first-order valence-electron chi connectivity index (χ1n) is 7.69. The van der Waals surface area contributed by atoms with Crippen molar-refractivity contribution in [2.45, 2.75) is 20.1 Å². The van der Waals surface area contributed by atoms with E-state index in [2.05, 4.69) is 25.5 Å². The number of hydrogen-bond acceptors (Lipinski definition) is 4. The van der Waals surface area contributed by atoms with Gasteiger partial charge in [0.1, 0.15) is 17.3 Å². The minimum absolute atomic E-state index is 0.299. The van der Waals surface area contributed by atoms with Crippen LogP contribution in [0.3, 0.4) is 0 Å². The van der Waals surface area contributed by atoms with Crippen molar-refractivity contribution < 1.29 is 13.9 Å². The molecule has 0 fully saturated rings. The fourth-order valence-corrected chi connectivity index (χ4v) is 2.41. The molecule has 130 valence electrons. The molecule has 1 aromatic carbocycles. The lowest BCUT2D eigenvalue weighted by Crippen LogP contribution is -2.24. The van der Waals surface area contributed by atoms with Crippen molar-refractivity contribution in [3.05, 3.63) is 58.9 Å². The molecule has 2 heterocycles. The van der Waals surface area contributed by atoms with Crippen LogP contribution in [0.5, 0.6) is 0 Å². The minimum Gasteiger partial charge on any atom is -0.378 e. The highest BCUT2D eigenvalue weighted by Gasteiger charge is 2.16. The second-order valence-corrected chi connectivity index (χ2v) is 5.57. The zero-order valence-electron chi connectivity index (χ0n) is 13.9. The summed E-state index contributed by atoms with van der Waals surface area (Å²) in [4.78, 5) is 19.7. The Kier molecular flexibility index (Phi) is 4.90. The Morgan fingerprint density at radius 1 is 1.32 bits per heavy atom. The zero-order chi connectivity index (χ0) is 17.8. The second kappa shape index (κ2) is 7.27. The molecule has 3 N–H and O–H groups in total. The molecule has 2 aromatic heterocycles. The molecule has 0 saturated carbocycles. The summed E-state index contributed by atoms with van der Waals surface area (Å²) in [5.41, 5.74) is 3.19. The molecule has 0 aliphatic heterocycles.